The van der Waals surface area contributed by atoms with E-state index in [1.54, 1.807) is 24.1 Å². The lowest BCUT2D eigenvalue weighted by Crippen LogP contribution is -2.55. The number of methoxy groups -OCH3 is 1. The van der Waals surface area contributed by atoms with Gasteiger partial charge in [-0.1, -0.05) is 0 Å². The van der Waals surface area contributed by atoms with Gasteiger partial charge in [-0.2, -0.15) is 0 Å². The Balaban J connectivity index is 1.87. The molecule has 0 saturated carbocycles. The first-order valence-electron chi connectivity index (χ1n) is 8.86. The van der Waals surface area contributed by atoms with Crippen LogP contribution in [0.15, 0.2) is 12.1 Å². The van der Waals surface area contributed by atoms with Gasteiger partial charge in [-0.15, -0.1) is 0 Å². The molecule has 2 aliphatic heterocycles. The van der Waals surface area contributed by atoms with E-state index in [0.717, 1.165) is 12.1 Å². The molecule has 0 bridgehead atoms. The number of benzene rings is 1. The average molecular weight is 362 g/mol. The second-order valence-corrected chi connectivity index (χ2v) is 7.57. The van der Waals surface area contributed by atoms with Crippen molar-refractivity contribution < 1.29 is 23.8 Å². The summed E-state index contributed by atoms with van der Waals surface area (Å²) < 4.78 is 16.6. The van der Waals surface area contributed by atoms with Gasteiger partial charge in [-0.05, 0) is 32.9 Å². The number of nitrogens with one attached hydrogen (secondary N) is 1. The van der Waals surface area contributed by atoms with Crippen LogP contribution >= 0.6 is 0 Å². The monoisotopic (exact) mass is 362 g/mol. The zero-order valence-electron chi connectivity index (χ0n) is 15.8. The molecule has 2 aliphatic rings. The standard InChI is InChI=1S/C19H26N2O5/c1-19(2,3)26-18(23)21-8-7-20-10-12(21)9-14-16(24-4)6-5-13-15(22)11-25-17(13)14/h5-6,12,20H,7-11H2,1-4H3. The average Bonchev–Trinajstić information content (AvgIpc) is 2.96. The lowest BCUT2D eigenvalue weighted by Gasteiger charge is -2.37. The van der Waals surface area contributed by atoms with E-state index >= 15 is 0 Å². The van der Waals surface area contributed by atoms with E-state index in [4.69, 9.17) is 14.2 Å². The quantitative estimate of drug-likeness (QED) is 0.886. The summed E-state index contributed by atoms with van der Waals surface area (Å²) >= 11 is 0. The molecule has 7 nitrogen and oxygen atoms in total. The van der Waals surface area contributed by atoms with Crippen molar-refractivity contribution in [1.82, 2.24) is 10.2 Å². The van der Waals surface area contributed by atoms with E-state index in [1.165, 1.54) is 0 Å². The Bertz CT molecular complexity index is 711. The van der Waals surface area contributed by atoms with Crippen molar-refractivity contribution in [3.05, 3.63) is 23.3 Å². The predicted molar refractivity (Wildman–Crippen MR) is 96.1 cm³/mol. The van der Waals surface area contributed by atoms with Crippen LogP contribution in [0.25, 0.3) is 0 Å². The summed E-state index contributed by atoms with van der Waals surface area (Å²) in [5, 5.41) is 3.32. The maximum Gasteiger partial charge on any atom is 0.410 e. The van der Waals surface area contributed by atoms with Crippen LogP contribution in [0.1, 0.15) is 36.7 Å². The number of Topliss-reactive ketones (excluding diaryl/α,β-unsaturated/α-hetero) is 1. The van der Waals surface area contributed by atoms with Gasteiger partial charge in [0.2, 0.25) is 5.78 Å². The van der Waals surface area contributed by atoms with Gasteiger partial charge < -0.3 is 24.4 Å². The van der Waals surface area contributed by atoms with E-state index in [-0.39, 0.29) is 24.5 Å². The van der Waals surface area contributed by atoms with Crippen molar-refractivity contribution in [2.24, 2.45) is 0 Å². The number of ether oxygens (including phenoxy) is 3. The fourth-order valence-corrected chi connectivity index (χ4v) is 3.33. The van der Waals surface area contributed by atoms with Crippen LogP contribution in [-0.2, 0) is 11.2 Å². The van der Waals surface area contributed by atoms with Gasteiger partial charge in [0.1, 0.15) is 17.1 Å². The molecule has 1 N–H and O–H groups in total. The number of hydrogen-bond donors (Lipinski definition) is 1. The molecule has 0 aromatic heterocycles. The molecule has 1 fully saturated rings. The van der Waals surface area contributed by atoms with E-state index in [0.29, 0.717) is 36.6 Å². The van der Waals surface area contributed by atoms with Crippen LogP contribution in [0.3, 0.4) is 0 Å². The maximum atomic E-state index is 12.6. The Morgan fingerprint density at radius 3 is 2.85 bits per heavy atom. The van der Waals surface area contributed by atoms with E-state index < -0.39 is 5.60 Å². The van der Waals surface area contributed by atoms with Crippen molar-refractivity contribution in [2.45, 2.75) is 38.8 Å². The topological polar surface area (TPSA) is 77.1 Å². The van der Waals surface area contributed by atoms with Gasteiger partial charge >= 0.3 is 6.09 Å². The minimum absolute atomic E-state index is 0.0327. The van der Waals surface area contributed by atoms with E-state index in [1.807, 2.05) is 20.8 Å². The molecule has 142 valence electrons. The SMILES string of the molecule is COc1ccc2c(c1CC1CNCCN1C(=O)OC(C)(C)C)OCC2=O. The number of carbonyl (C=O) groups excluding carboxylic acids is 2. The molecule has 1 atom stereocenters. The molecule has 26 heavy (non-hydrogen) atoms. The van der Waals surface area contributed by atoms with E-state index in [9.17, 15) is 9.59 Å². The van der Waals surface area contributed by atoms with Crippen LogP contribution in [0.4, 0.5) is 4.79 Å². The van der Waals surface area contributed by atoms with Crippen LogP contribution in [-0.4, -0.2) is 61.8 Å². The lowest BCUT2D eigenvalue weighted by atomic mass is 9.98. The number of carbonyl (C=O) groups is 2. The minimum Gasteiger partial charge on any atom is -0.496 e. The third kappa shape index (κ3) is 3.77. The van der Waals surface area contributed by atoms with Gasteiger partial charge in [-0.25, -0.2) is 4.79 Å². The van der Waals surface area contributed by atoms with E-state index in [2.05, 4.69) is 5.32 Å². The Hall–Kier alpha value is -2.28. The fraction of sp³-hybridized carbons (Fsp3) is 0.579. The number of fused-ring (bicyclic) bond motifs is 1. The Kier molecular flexibility index (Phi) is 5.09. The largest absolute Gasteiger partial charge is 0.496 e. The molecule has 1 amide bonds. The first-order chi connectivity index (χ1) is 12.3. The molecular weight excluding hydrogens is 336 g/mol. The second-order valence-electron chi connectivity index (χ2n) is 7.57. The second kappa shape index (κ2) is 7.15. The summed E-state index contributed by atoms with van der Waals surface area (Å²) in [7, 11) is 1.59. The van der Waals surface area contributed by atoms with Crippen molar-refractivity contribution in [2.75, 3.05) is 33.4 Å². The van der Waals surface area contributed by atoms with Gasteiger partial charge in [0.05, 0.1) is 18.7 Å². The molecule has 1 saturated heterocycles. The molecule has 1 aromatic carbocycles. The van der Waals surface area contributed by atoms with Gasteiger partial charge in [0.25, 0.3) is 0 Å². The summed E-state index contributed by atoms with van der Waals surface area (Å²) in [4.78, 5) is 26.3. The highest BCUT2D eigenvalue weighted by atomic mass is 16.6. The molecule has 7 heteroatoms. The molecule has 0 radical (unpaired) electrons. The summed E-state index contributed by atoms with van der Waals surface area (Å²) in [6, 6.07) is 3.41. The number of hydrogen-bond acceptors (Lipinski definition) is 6. The Morgan fingerprint density at radius 1 is 1.38 bits per heavy atom. The first-order valence-corrected chi connectivity index (χ1v) is 8.86. The first kappa shape index (κ1) is 18.5. The number of piperazine rings is 1. The van der Waals surface area contributed by atoms with Crippen molar-refractivity contribution in [3.63, 3.8) is 0 Å². The molecule has 1 unspecified atom stereocenters. The highest BCUT2D eigenvalue weighted by molar-refractivity contribution is 6.03. The van der Waals surface area contributed by atoms with Gasteiger partial charge in [-0.3, -0.25) is 4.79 Å². The summed E-state index contributed by atoms with van der Waals surface area (Å²) in [6.45, 7) is 7.54. The summed E-state index contributed by atoms with van der Waals surface area (Å²) in [5.41, 5.74) is 0.847. The van der Waals surface area contributed by atoms with Crippen molar-refractivity contribution >= 4 is 11.9 Å². The summed E-state index contributed by atoms with van der Waals surface area (Å²) in [6.07, 6.45) is 0.193. The van der Waals surface area contributed by atoms with Gasteiger partial charge in [0, 0.05) is 31.6 Å². The third-order valence-electron chi connectivity index (χ3n) is 4.50. The molecule has 0 aliphatic carbocycles. The third-order valence-corrected chi connectivity index (χ3v) is 4.50. The van der Waals surface area contributed by atoms with Crippen LogP contribution in [0, 0.1) is 0 Å². The van der Waals surface area contributed by atoms with Crippen molar-refractivity contribution in [3.8, 4) is 11.5 Å². The Labute approximate surface area is 153 Å². The molecule has 3 rings (SSSR count). The van der Waals surface area contributed by atoms with Crippen molar-refractivity contribution in [1.29, 1.82) is 0 Å². The fourth-order valence-electron chi connectivity index (χ4n) is 3.33. The number of amides is 1. The zero-order chi connectivity index (χ0) is 18.9. The maximum absolute atomic E-state index is 12.6. The number of rotatable bonds is 3. The molecule has 1 aromatic rings. The highest BCUT2D eigenvalue weighted by Crippen LogP contribution is 2.37. The minimum atomic E-state index is -0.548. The highest BCUT2D eigenvalue weighted by Gasteiger charge is 2.34. The predicted octanol–water partition coefficient (Wildman–Crippen LogP) is 2.02. The Morgan fingerprint density at radius 2 is 2.15 bits per heavy atom. The number of ketones is 1. The molecule has 2 heterocycles. The van der Waals surface area contributed by atoms with Crippen LogP contribution < -0.4 is 14.8 Å². The van der Waals surface area contributed by atoms with Gasteiger partial charge in [0.15, 0.2) is 6.61 Å². The molecular formula is C19H26N2O5. The van der Waals surface area contributed by atoms with Crippen LogP contribution in [0.2, 0.25) is 0 Å². The lowest BCUT2D eigenvalue weighted by molar-refractivity contribution is 0.0120. The van der Waals surface area contributed by atoms with Crippen LogP contribution in [0.5, 0.6) is 11.5 Å². The normalized spacial score (nSPS) is 19.8. The summed E-state index contributed by atoms with van der Waals surface area (Å²) in [5.74, 6) is 1.20. The smallest absolute Gasteiger partial charge is 0.410 e. The number of nitrogens with zero attached hydrogens (tertiary/aromatic N) is 1. The zero-order valence-corrected chi connectivity index (χ0v) is 15.8. The molecule has 0 spiro atoms.